The second-order valence-corrected chi connectivity index (χ2v) is 7.33. The largest absolute Gasteiger partial charge is 0.497 e. The topological polar surface area (TPSA) is 52.5 Å². The lowest BCUT2D eigenvalue weighted by Gasteiger charge is -2.10. The predicted molar refractivity (Wildman–Crippen MR) is 113 cm³/mol. The number of nitrogens with one attached hydrogen (secondary N) is 1. The number of fused-ring (bicyclic) bond motifs is 1. The van der Waals surface area contributed by atoms with Gasteiger partial charge in [-0.15, -0.1) is 11.3 Å². The predicted octanol–water partition coefficient (Wildman–Crippen LogP) is 5.08. The van der Waals surface area contributed by atoms with Crippen LogP contribution in [-0.2, 0) is 13.7 Å². The third kappa shape index (κ3) is 3.73. The van der Waals surface area contributed by atoms with Crippen LogP contribution in [0.5, 0.6) is 11.5 Å². The summed E-state index contributed by atoms with van der Waals surface area (Å²) < 4.78 is 14.0. The number of amides is 1. The van der Waals surface area contributed by atoms with Gasteiger partial charge in [-0.2, -0.15) is 0 Å². The molecule has 0 radical (unpaired) electrons. The van der Waals surface area contributed by atoms with Gasteiger partial charge in [0.1, 0.15) is 23.8 Å². The summed E-state index contributed by atoms with van der Waals surface area (Å²) >= 11 is 1.63. The molecule has 4 aromatic rings. The van der Waals surface area contributed by atoms with Crippen molar-refractivity contribution >= 4 is 33.1 Å². The highest BCUT2D eigenvalue weighted by Crippen LogP contribution is 2.25. The van der Waals surface area contributed by atoms with Gasteiger partial charge in [-0.1, -0.05) is 12.1 Å². The minimum atomic E-state index is -0.126. The number of methoxy groups -OCH3 is 1. The van der Waals surface area contributed by atoms with E-state index in [0.29, 0.717) is 12.3 Å². The molecular weight excluding hydrogens is 372 g/mol. The van der Waals surface area contributed by atoms with Crippen molar-refractivity contribution < 1.29 is 14.3 Å². The molecule has 142 valence electrons. The monoisotopic (exact) mass is 392 g/mol. The Morgan fingerprint density at radius 2 is 1.86 bits per heavy atom. The Kier molecular flexibility index (Phi) is 5.04. The Balaban J connectivity index is 1.43. The first-order valence-electron chi connectivity index (χ1n) is 8.84. The van der Waals surface area contributed by atoms with Crippen molar-refractivity contribution in [1.82, 2.24) is 4.57 Å². The maximum atomic E-state index is 12.7. The molecule has 6 heteroatoms. The molecule has 5 nitrogen and oxygen atoms in total. The van der Waals surface area contributed by atoms with E-state index in [0.717, 1.165) is 33.0 Å². The molecule has 0 aliphatic rings. The molecule has 0 saturated carbocycles. The summed E-state index contributed by atoms with van der Waals surface area (Å²) in [6.45, 7) is 0.413. The van der Waals surface area contributed by atoms with E-state index in [1.807, 2.05) is 77.7 Å². The van der Waals surface area contributed by atoms with Crippen LogP contribution in [0.3, 0.4) is 0 Å². The number of thiophene rings is 1. The van der Waals surface area contributed by atoms with Gasteiger partial charge in [0.25, 0.3) is 5.91 Å². The van der Waals surface area contributed by atoms with Crippen LogP contribution in [0.1, 0.15) is 16.1 Å². The van der Waals surface area contributed by atoms with Crippen molar-refractivity contribution in [2.75, 3.05) is 12.4 Å². The lowest BCUT2D eigenvalue weighted by Crippen LogP contribution is -2.15. The number of ether oxygens (including phenoxy) is 2. The number of aryl methyl sites for hydroxylation is 1. The molecule has 0 bridgehead atoms. The average Bonchev–Trinajstić information content (AvgIpc) is 3.30. The van der Waals surface area contributed by atoms with E-state index in [2.05, 4.69) is 5.32 Å². The Bertz CT molecular complexity index is 1110. The molecule has 0 unspecified atom stereocenters. The molecule has 0 aliphatic heterocycles. The van der Waals surface area contributed by atoms with Crippen LogP contribution < -0.4 is 14.8 Å². The van der Waals surface area contributed by atoms with Crippen LogP contribution in [0.15, 0.2) is 66.0 Å². The smallest absolute Gasteiger partial charge is 0.272 e. The third-order valence-electron chi connectivity index (χ3n) is 4.55. The molecule has 0 aliphatic carbocycles. The zero-order chi connectivity index (χ0) is 19.5. The second kappa shape index (κ2) is 7.78. The Morgan fingerprint density at radius 1 is 1.07 bits per heavy atom. The van der Waals surface area contributed by atoms with Crippen molar-refractivity contribution in [1.29, 1.82) is 0 Å². The minimum Gasteiger partial charge on any atom is -0.497 e. The number of rotatable bonds is 6. The normalized spacial score (nSPS) is 10.8. The van der Waals surface area contributed by atoms with Crippen LogP contribution in [0.4, 0.5) is 5.69 Å². The van der Waals surface area contributed by atoms with Gasteiger partial charge in [0.15, 0.2) is 0 Å². The van der Waals surface area contributed by atoms with E-state index in [1.165, 1.54) is 0 Å². The molecule has 28 heavy (non-hydrogen) atoms. The first-order valence-corrected chi connectivity index (χ1v) is 9.72. The van der Waals surface area contributed by atoms with E-state index in [4.69, 9.17) is 9.47 Å². The highest BCUT2D eigenvalue weighted by Gasteiger charge is 2.14. The van der Waals surface area contributed by atoms with Crippen LogP contribution >= 0.6 is 11.3 Å². The fourth-order valence-electron chi connectivity index (χ4n) is 3.04. The Morgan fingerprint density at radius 3 is 2.61 bits per heavy atom. The highest BCUT2D eigenvalue weighted by molar-refractivity contribution is 7.17. The summed E-state index contributed by atoms with van der Waals surface area (Å²) in [6.07, 6.45) is 0. The van der Waals surface area contributed by atoms with Crippen molar-refractivity contribution in [2.45, 2.75) is 6.61 Å². The van der Waals surface area contributed by atoms with E-state index in [-0.39, 0.29) is 5.91 Å². The molecule has 4 rings (SSSR count). The maximum Gasteiger partial charge on any atom is 0.272 e. The van der Waals surface area contributed by atoms with Crippen molar-refractivity contribution in [3.05, 3.63) is 77.3 Å². The third-order valence-corrected chi connectivity index (χ3v) is 5.40. The number of anilines is 1. The van der Waals surface area contributed by atoms with Crippen molar-refractivity contribution in [2.24, 2.45) is 7.05 Å². The molecule has 1 N–H and O–H groups in total. The van der Waals surface area contributed by atoms with Gasteiger partial charge >= 0.3 is 0 Å². The van der Waals surface area contributed by atoms with Gasteiger partial charge in [-0.05, 0) is 59.5 Å². The van der Waals surface area contributed by atoms with Crippen LogP contribution in [0.25, 0.3) is 10.2 Å². The van der Waals surface area contributed by atoms with Gasteiger partial charge < -0.3 is 19.4 Å². The summed E-state index contributed by atoms with van der Waals surface area (Å²) in [4.78, 5) is 12.7. The molecule has 2 heterocycles. The van der Waals surface area contributed by atoms with E-state index in [9.17, 15) is 4.79 Å². The zero-order valence-electron chi connectivity index (χ0n) is 15.6. The molecule has 0 saturated heterocycles. The van der Waals surface area contributed by atoms with Gasteiger partial charge in [0.2, 0.25) is 0 Å². The van der Waals surface area contributed by atoms with E-state index in [1.54, 1.807) is 18.4 Å². The molecule has 1 amide bonds. The van der Waals surface area contributed by atoms with Crippen molar-refractivity contribution in [3.63, 3.8) is 0 Å². The fraction of sp³-hybridized carbons (Fsp3) is 0.136. The van der Waals surface area contributed by atoms with E-state index >= 15 is 0 Å². The Hall–Kier alpha value is -3.25. The quantitative estimate of drug-likeness (QED) is 0.498. The van der Waals surface area contributed by atoms with Crippen LogP contribution in [-0.4, -0.2) is 17.6 Å². The number of carbonyl (C=O) groups excluding carboxylic acids is 1. The number of nitrogens with zero attached hydrogens (tertiary/aromatic N) is 1. The summed E-state index contributed by atoms with van der Waals surface area (Å²) in [5, 5.41) is 5.00. The van der Waals surface area contributed by atoms with Gasteiger partial charge in [-0.25, -0.2) is 0 Å². The SMILES string of the molecule is COc1ccc(OCc2cccc(NC(=O)c3cc4sccc4n3C)c2)cc1. The average molecular weight is 392 g/mol. The van der Waals surface area contributed by atoms with Crippen molar-refractivity contribution in [3.8, 4) is 11.5 Å². The molecule has 2 aromatic heterocycles. The molecule has 0 atom stereocenters. The molecule has 0 spiro atoms. The lowest BCUT2D eigenvalue weighted by atomic mass is 10.2. The molecule has 2 aromatic carbocycles. The summed E-state index contributed by atoms with van der Waals surface area (Å²) in [6, 6.07) is 19.1. The first-order chi connectivity index (χ1) is 13.6. The van der Waals surface area contributed by atoms with Crippen LogP contribution in [0.2, 0.25) is 0 Å². The second-order valence-electron chi connectivity index (χ2n) is 6.38. The number of hydrogen-bond acceptors (Lipinski definition) is 4. The van der Waals surface area contributed by atoms with E-state index < -0.39 is 0 Å². The zero-order valence-corrected chi connectivity index (χ0v) is 16.5. The number of carbonyl (C=O) groups is 1. The first kappa shape index (κ1) is 18.1. The fourth-order valence-corrected chi connectivity index (χ4v) is 3.89. The maximum absolute atomic E-state index is 12.7. The van der Waals surface area contributed by atoms with Gasteiger partial charge in [-0.3, -0.25) is 4.79 Å². The number of aromatic nitrogens is 1. The summed E-state index contributed by atoms with van der Waals surface area (Å²) in [5.41, 5.74) is 3.42. The lowest BCUT2D eigenvalue weighted by molar-refractivity contribution is 0.101. The Labute approximate surface area is 167 Å². The number of benzene rings is 2. The van der Waals surface area contributed by atoms with Gasteiger partial charge in [0, 0.05) is 12.7 Å². The van der Waals surface area contributed by atoms with Crippen LogP contribution in [0, 0.1) is 0 Å². The standard InChI is InChI=1S/C22H20N2O3S/c1-24-19-10-11-28-21(19)13-20(24)22(25)23-16-5-3-4-15(12-16)14-27-18-8-6-17(26-2)7-9-18/h3-13H,14H2,1-2H3,(H,23,25). The minimum absolute atomic E-state index is 0.126. The number of hydrogen-bond donors (Lipinski definition) is 1. The van der Waals surface area contributed by atoms with Gasteiger partial charge in [0.05, 0.1) is 17.3 Å². The molecule has 0 fully saturated rings. The summed E-state index contributed by atoms with van der Waals surface area (Å²) in [5.74, 6) is 1.43. The highest BCUT2D eigenvalue weighted by atomic mass is 32.1. The summed E-state index contributed by atoms with van der Waals surface area (Å²) in [7, 11) is 3.54. The molecular formula is C22H20N2O3S.